The molecule has 0 saturated carbocycles. The number of rotatable bonds is 7. The molecule has 1 aromatic heterocycles. The van der Waals surface area contributed by atoms with Crippen LogP contribution in [0.25, 0.3) is 11.8 Å². The molecule has 0 amide bonds. The molecule has 0 spiro atoms. The van der Waals surface area contributed by atoms with Gasteiger partial charge in [0, 0.05) is 29.3 Å². The van der Waals surface area contributed by atoms with Gasteiger partial charge in [0.1, 0.15) is 11.6 Å². The molecule has 0 aliphatic rings. The summed E-state index contributed by atoms with van der Waals surface area (Å²) >= 11 is 5.60. The van der Waals surface area contributed by atoms with Gasteiger partial charge in [-0.3, -0.25) is 0 Å². The van der Waals surface area contributed by atoms with Gasteiger partial charge >= 0.3 is 5.97 Å². The van der Waals surface area contributed by atoms with Crippen LogP contribution in [0.1, 0.15) is 24.1 Å². The van der Waals surface area contributed by atoms with Crippen LogP contribution in [0.3, 0.4) is 0 Å². The number of aromatic nitrogens is 2. The minimum Gasteiger partial charge on any atom is -0.495 e. The molecule has 0 aliphatic heterocycles. The topological polar surface area (TPSA) is 64.3 Å². The van der Waals surface area contributed by atoms with Crippen LogP contribution in [0, 0.1) is 12.7 Å². The number of alkyl halides is 1. The van der Waals surface area contributed by atoms with E-state index in [0.717, 1.165) is 5.69 Å². The Hall–Kier alpha value is -2.34. The van der Waals surface area contributed by atoms with E-state index >= 15 is 0 Å². The Morgan fingerprint density at radius 1 is 1.50 bits per heavy atom. The van der Waals surface area contributed by atoms with E-state index < -0.39 is 11.8 Å². The molecule has 0 atom stereocenters. The quantitative estimate of drug-likeness (QED) is 0.608. The monoisotopic (exact) mass is 352 g/mol. The highest BCUT2D eigenvalue weighted by atomic mass is 35.5. The summed E-state index contributed by atoms with van der Waals surface area (Å²) in [6.07, 6.45) is 5.39. The van der Waals surface area contributed by atoms with Crippen LogP contribution in [0.5, 0.6) is 5.75 Å². The molecule has 0 aliphatic carbocycles. The van der Waals surface area contributed by atoms with Gasteiger partial charge in [0.15, 0.2) is 0 Å². The molecule has 1 heterocycles. The lowest BCUT2D eigenvalue weighted by molar-refractivity contribution is -0.132. The summed E-state index contributed by atoms with van der Waals surface area (Å²) in [5.41, 5.74) is 1.53. The van der Waals surface area contributed by atoms with Crippen LogP contribution in [0.15, 0.2) is 30.2 Å². The standard InChI is InChI=1S/C17H18ClFN2O3/c1-11-9-21(10-20-11)15-8-14(19)13(7-16(15)24-2)6-12(17(22)23)4-3-5-18/h6-10H,3-5H2,1-2H3,(H,22,23)/b12-6+. The van der Waals surface area contributed by atoms with Crippen molar-refractivity contribution < 1.29 is 19.0 Å². The van der Waals surface area contributed by atoms with E-state index in [4.69, 9.17) is 16.3 Å². The normalized spacial score (nSPS) is 11.6. The van der Waals surface area contributed by atoms with Crippen molar-refractivity contribution in [1.82, 2.24) is 9.55 Å². The Bertz CT molecular complexity index is 771. The minimum atomic E-state index is -1.09. The number of hydrogen-bond acceptors (Lipinski definition) is 3. The first-order chi connectivity index (χ1) is 11.5. The average molecular weight is 353 g/mol. The predicted octanol–water partition coefficient (Wildman–Crippen LogP) is 3.82. The van der Waals surface area contributed by atoms with Crippen molar-refractivity contribution in [2.24, 2.45) is 0 Å². The number of ether oxygens (including phenoxy) is 1. The summed E-state index contributed by atoms with van der Waals surface area (Å²) in [5, 5.41) is 9.24. The van der Waals surface area contributed by atoms with Gasteiger partial charge in [0.05, 0.1) is 24.8 Å². The highest BCUT2D eigenvalue weighted by molar-refractivity contribution is 6.17. The molecule has 0 fully saturated rings. The van der Waals surface area contributed by atoms with Gasteiger partial charge in [0.25, 0.3) is 0 Å². The first-order valence-electron chi connectivity index (χ1n) is 7.34. The summed E-state index contributed by atoms with van der Waals surface area (Å²) in [5.74, 6) is -0.869. The fourth-order valence-corrected chi connectivity index (χ4v) is 2.41. The second-order valence-corrected chi connectivity index (χ2v) is 5.61. The van der Waals surface area contributed by atoms with Gasteiger partial charge in [-0.2, -0.15) is 0 Å². The third-order valence-electron chi connectivity index (χ3n) is 3.47. The van der Waals surface area contributed by atoms with E-state index in [-0.39, 0.29) is 17.6 Å². The first-order valence-corrected chi connectivity index (χ1v) is 7.88. The predicted molar refractivity (Wildman–Crippen MR) is 90.4 cm³/mol. The molecule has 1 N–H and O–H groups in total. The van der Waals surface area contributed by atoms with Gasteiger partial charge in [-0.1, -0.05) is 0 Å². The van der Waals surface area contributed by atoms with E-state index in [2.05, 4.69) is 4.98 Å². The number of halogens is 2. The van der Waals surface area contributed by atoms with Crippen molar-refractivity contribution in [3.8, 4) is 11.4 Å². The highest BCUT2D eigenvalue weighted by Crippen LogP contribution is 2.28. The molecule has 0 bridgehead atoms. The lowest BCUT2D eigenvalue weighted by Crippen LogP contribution is -2.02. The SMILES string of the molecule is COc1cc(/C=C(\CCCCl)C(=O)O)c(F)cc1-n1cnc(C)c1. The Kier molecular flexibility index (Phi) is 5.98. The van der Waals surface area contributed by atoms with Crippen LogP contribution >= 0.6 is 11.6 Å². The van der Waals surface area contributed by atoms with Crippen molar-refractivity contribution in [1.29, 1.82) is 0 Å². The molecule has 2 aromatic rings. The minimum absolute atomic E-state index is 0.0998. The number of carboxylic acids is 1. The van der Waals surface area contributed by atoms with Crippen LogP contribution in [-0.2, 0) is 4.79 Å². The lowest BCUT2D eigenvalue weighted by atomic mass is 10.1. The maximum Gasteiger partial charge on any atom is 0.331 e. The number of benzene rings is 1. The maximum absolute atomic E-state index is 14.5. The van der Waals surface area contributed by atoms with Crippen molar-refractivity contribution in [2.75, 3.05) is 13.0 Å². The van der Waals surface area contributed by atoms with E-state index in [1.807, 2.05) is 6.92 Å². The summed E-state index contributed by atoms with van der Waals surface area (Å²) in [7, 11) is 1.47. The molecule has 0 radical (unpaired) electrons. The largest absolute Gasteiger partial charge is 0.495 e. The number of nitrogens with zero attached hydrogens (tertiary/aromatic N) is 2. The zero-order valence-corrected chi connectivity index (χ0v) is 14.2. The zero-order valence-electron chi connectivity index (χ0n) is 13.4. The summed E-state index contributed by atoms with van der Waals surface area (Å²) < 4.78 is 21.4. The average Bonchev–Trinajstić information content (AvgIpc) is 2.98. The highest BCUT2D eigenvalue weighted by Gasteiger charge is 2.14. The van der Waals surface area contributed by atoms with Crippen molar-refractivity contribution in [2.45, 2.75) is 19.8 Å². The maximum atomic E-state index is 14.5. The van der Waals surface area contributed by atoms with Crippen LogP contribution < -0.4 is 4.74 Å². The van der Waals surface area contributed by atoms with Crippen molar-refractivity contribution in [3.63, 3.8) is 0 Å². The van der Waals surface area contributed by atoms with E-state index in [1.54, 1.807) is 17.1 Å². The third-order valence-corrected chi connectivity index (χ3v) is 3.74. The number of methoxy groups -OCH3 is 1. The van der Waals surface area contributed by atoms with Crippen LogP contribution in [-0.4, -0.2) is 33.6 Å². The molecule has 1 aromatic carbocycles. The van der Waals surface area contributed by atoms with Crippen LogP contribution in [0.4, 0.5) is 4.39 Å². The van der Waals surface area contributed by atoms with Gasteiger partial charge in [-0.15, -0.1) is 11.6 Å². The van der Waals surface area contributed by atoms with Gasteiger partial charge in [-0.05, 0) is 31.9 Å². The lowest BCUT2D eigenvalue weighted by Gasteiger charge is -2.11. The van der Waals surface area contributed by atoms with Gasteiger partial charge in [-0.25, -0.2) is 14.2 Å². The van der Waals surface area contributed by atoms with E-state index in [9.17, 15) is 14.3 Å². The van der Waals surface area contributed by atoms with E-state index in [0.29, 0.717) is 23.7 Å². The van der Waals surface area contributed by atoms with Gasteiger partial charge in [0.2, 0.25) is 0 Å². The molecule has 128 valence electrons. The number of aryl methyl sites for hydroxylation is 1. The molecular formula is C17H18ClFN2O3. The van der Waals surface area contributed by atoms with Crippen molar-refractivity contribution >= 4 is 23.6 Å². The third kappa shape index (κ3) is 4.14. The fraction of sp³-hybridized carbons (Fsp3) is 0.294. The molecule has 0 saturated heterocycles. The first kappa shape index (κ1) is 18.0. The smallest absolute Gasteiger partial charge is 0.331 e. The molecule has 24 heavy (non-hydrogen) atoms. The second kappa shape index (κ2) is 7.97. The number of imidazole rings is 1. The molecular weight excluding hydrogens is 335 g/mol. The Morgan fingerprint density at radius 2 is 2.25 bits per heavy atom. The summed E-state index contributed by atoms with van der Waals surface area (Å²) in [6.45, 7) is 1.83. The number of carboxylic acid groups (broad SMARTS) is 1. The Morgan fingerprint density at radius 3 is 2.79 bits per heavy atom. The number of aliphatic carboxylic acids is 1. The number of carbonyl (C=O) groups is 1. The summed E-state index contributed by atoms with van der Waals surface area (Å²) in [6, 6.07) is 2.77. The van der Waals surface area contributed by atoms with Gasteiger partial charge < -0.3 is 14.4 Å². The molecule has 5 nitrogen and oxygen atoms in total. The molecule has 0 unspecified atom stereocenters. The Balaban J connectivity index is 2.47. The number of hydrogen-bond donors (Lipinski definition) is 1. The molecule has 2 rings (SSSR count). The molecule has 7 heteroatoms. The van der Waals surface area contributed by atoms with Crippen LogP contribution in [0.2, 0.25) is 0 Å². The second-order valence-electron chi connectivity index (χ2n) is 5.24. The Labute approximate surface area is 144 Å². The summed E-state index contributed by atoms with van der Waals surface area (Å²) in [4.78, 5) is 15.4. The van der Waals surface area contributed by atoms with Crippen molar-refractivity contribution in [3.05, 3.63) is 47.3 Å². The van der Waals surface area contributed by atoms with E-state index in [1.165, 1.54) is 25.3 Å². The fourth-order valence-electron chi connectivity index (χ4n) is 2.27. The zero-order chi connectivity index (χ0) is 17.7.